The van der Waals surface area contributed by atoms with Crippen molar-refractivity contribution in [3.63, 3.8) is 0 Å². The Morgan fingerprint density at radius 1 is 1.35 bits per heavy atom. The first-order chi connectivity index (χ1) is 8.14. The van der Waals surface area contributed by atoms with Gasteiger partial charge in [-0.1, -0.05) is 29.8 Å². The molecule has 0 spiro atoms. The predicted octanol–water partition coefficient (Wildman–Crippen LogP) is 2.05. The molecule has 92 valence electrons. The summed E-state index contributed by atoms with van der Waals surface area (Å²) in [4.78, 5) is 11.4. The van der Waals surface area contributed by atoms with E-state index in [2.05, 4.69) is 10.6 Å². The van der Waals surface area contributed by atoms with Crippen molar-refractivity contribution < 1.29 is 4.79 Å². The summed E-state index contributed by atoms with van der Waals surface area (Å²) < 4.78 is 0. The molecule has 3 nitrogen and oxygen atoms in total. The van der Waals surface area contributed by atoms with E-state index in [0.717, 1.165) is 36.5 Å². The summed E-state index contributed by atoms with van der Waals surface area (Å²) >= 11 is 6.26. The molecule has 1 aromatic carbocycles. The molecular formula is C13H17ClN2O. The monoisotopic (exact) mass is 252 g/mol. The Morgan fingerprint density at radius 3 is 2.59 bits per heavy atom. The second-order valence-corrected chi connectivity index (χ2v) is 4.90. The van der Waals surface area contributed by atoms with E-state index in [9.17, 15) is 4.79 Å². The predicted molar refractivity (Wildman–Crippen MR) is 69.1 cm³/mol. The average Bonchev–Trinajstić information content (AvgIpc) is 2.29. The molecule has 2 N–H and O–H groups in total. The van der Waals surface area contributed by atoms with Crippen LogP contribution in [-0.2, 0) is 10.3 Å². The van der Waals surface area contributed by atoms with Gasteiger partial charge in [0.2, 0.25) is 5.91 Å². The number of halogens is 1. The van der Waals surface area contributed by atoms with Gasteiger partial charge in [-0.25, -0.2) is 0 Å². The van der Waals surface area contributed by atoms with Gasteiger partial charge in [0, 0.05) is 11.9 Å². The third kappa shape index (κ3) is 2.61. The first kappa shape index (κ1) is 12.4. The van der Waals surface area contributed by atoms with Gasteiger partial charge in [0.25, 0.3) is 0 Å². The zero-order chi connectivity index (χ0) is 12.3. The molecule has 0 saturated carbocycles. The van der Waals surface area contributed by atoms with E-state index < -0.39 is 0 Å². The van der Waals surface area contributed by atoms with Crippen LogP contribution >= 0.6 is 11.6 Å². The van der Waals surface area contributed by atoms with Crippen molar-refractivity contribution in [3.8, 4) is 0 Å². The van der Waals surface area contributed by atoms with Gasteiger partial charge in [-0.2, -0.15) is 0 Å². The maximum atomic E-state index is 11.4. The Bertz CT molecular complexity index is 414. The molecule has 0 atom stereocenters. The molecule has 0 aliphatic carbocycles. The fraction of sp³-hybridized carbons (Fsp3) is 0.462. The molecule has 1 saturated heterocycles. The maximum absolute atomic E-state index is 11.4. The number of hydrogen-bond acceptors (Lipinski definition) is 2. The van der Waals surface area contributed by atoms with Crippen LogP contribution in [-0.4, -0.2) is 19.0 Å². The minimum absolute atomic E-state index is 0.00757. The summed E-state index contributed by atoms with van der Waals surface area (Å²) in [5.41, 5.74) is 0.716. The minimum atomic E-state index is -0.310. The number of hydrogen-bond donors (Lipinski definition) is 2. The van der Waals surface area contributed by atoms with Gasteiger partial charge in [-0.3, -0.25) is 4.79 Å². The summed E-state index contributed by atoms with van der Waals surface area (Å²) in [5, 5.41) is 7.12. The van der Waals surface area contributed by atoms with E-state index in [4.69, 9.17) is 11.6 Å². The Hall–Kier alpha value is -1.06. The lowest BCUT2D eigenvalue weighted by Gasteiger charge is -2.39. The number of carbonyl (C=O) groups excluding carboxylic acids is 1. The fourth-order valence-electron chi connectivity index (χ4n) is 2.50. The van der Waals surface area contributed by atoms with Crippen LogP contribution in [0.4, 0.5) is 0 Å². The van der Waals surface area contributed by atoms with Gasteiger partial charge in [0.1, 0.15) is 0 Å². The van der Waals surface area contributed by atoms with Gasteiger partial charge in [0.05, 0.1) is 5.54 Å². The molecular weight excluding hydrogens is 236 g/mol. The largest absolute Gasteiger partial charge is 0.347 e. The van der Waals surface area contributed by atoms with E-state index >= 15 is 0 Å². The number of carbonyl (C=O) groups is 1. The van der Waals surface area contributed by atoms with Crippen LogP contribution in [0.25, 0.3) is 0 Å². The smallest absolute Gasteiger partial charge is 0.217 e. The van der Waals surface area contributed by atoms with Crippen molar-refractivity contribution in [2.75, 3.05) is 13.1 Å². The van der Waals surface area contributed by atoms with Gasteiger partial charge < -0.3 is 10.6 Å². The zero-order valence-corrected chi connectivity index (χ0v) is 10.7. The van der Waals surface area contributed by atoms with Crippen molar-refractivity contribution in [1.82, 2.24) is 10.6 Å². The van der Waals surface area contributed by atoms with Crippen LogP contribution < -0.4 is 10.6 Å². The molecule has 4 heteroatoms. The highest BCUT2D eigenvalue weighted by atomic mass is 35.5. The molecule has 1 heterocycles. The molecule has 1 amide bonds. The van der Waals surface area contributed by atoms with Crippen LogP contribution in [0, 0.1) is 0 Å². The van der Waals surface area contributed by atoms with Gasteiger partial charge in [0.15, 0.2) is 0 Å². The summed E-state index contributed by atoms with van der Waals surface area (Å²) in [6, 6.07) is 7.76. The first-order valence-corrected chi connectivity index (χ1v) is 6.26. The van der Waals surface area contributed by atoms with Crippen molar-refractivity contribution >= 4 is 17.5 Å². The SMILES string of the molecule is CC(=O)NC1(c2ccccc2Cl)CCNCC1. The highest BCUT2D eigenvalue weighted by Gasteiger charge is 2.35. The highest BCUT2D eigenvalue weighted by Crippen LogP contribution is 2.35. The molecule has 1 aliphatic rings. The normalized spacial score (nSPS) is 18.7. The minimum Gasteiger partial charge on any atom is -0.347 e. The van der Waals surface area contributed by atoms with Crippen molar-refractivity contribution in [3.05, 3.63) is 34.9 Å². The topological polar surface area (TPSA) is 41.1 Å². The number of rotatable bonds is 2. The van der Waals surface area contributed by atoms with Crippen molar-refractivity contribution in [2.45, 2.75) is 25.3 Å². The number of amides is 1. The Balaban J connectivity index is 2.39. The van der Waals surface area contributed by atoms with Crippen molar-refractivity contribution in [2.24, 2.45) is 0 Å². The maximum Gasteiger partial charge on any atom is 0.217 e. The summed E-state index contributed by atoms with van der Waals surface area (Å²) in [6.45, 7) is 3.34. The lowest BCUT2D eigenvalue weighted by Crippen LogP contribution is -2.51. The van der Waals surface area contributed by atoms with Gasteiger partial charge >= 0.3 is 0 Å². The zero-order valence-electron chi connectivity index (χ0n) is 9.92. The summed E-state index contributed by atoms with van der Waals surface area (Å²) in [5.74, 6) is -0.00757. The van der Waals surface area contributed by atoms with E-state index in [-0.39, 0.29) is 11.4 Å². The molecule has 2 rings (SSSR count). The van der Waals surface area contributed by atoms with Crippen LogP contribution in [0.2, 0.25) is 5.02 Å². The van der Waals surface area contributed by atoms with Crippen molar-refractivity contribution in [1.29, 1.82) is 0 Å². The Labute approximate surface area is 107 Å². The molecule has 1 fully saturated rings. The van der Waals surface area contributed by atoms with Crippen LogP contribution in [0.5, 0.6) is 0 Å². The Morgan fingerprint density at radius 2 is 2.00 bits per heavy atom. The molecule has 17 heavy (non-hydrogen) atoms. The van der Waals surface area contributed by atoms with Crippen LogP contribution in [0.15, 0.2) is 24.3 Å². The van der Waals surface area contributed by atoms with Crippen LogP contribution in [0.1, 0.15) is 25.3 Å². The lowest BCUT2D eigenvalue weighted by molar-refractivity contribution is -0.121. The third-order valence-corrected chi connectivity index (χ3v) is 3.59. The second-order valence-electron chi connectivity index (χ2n) is 4.49. The molecule has 0 unspecified atom stereocenters. The van der Waals surface area contributed by atoms with Crippen LogP contribution in [0.3, 0.4) is 0 Å². The number of nitrogens with one attached hydrogen (secondary N) is 2. The van der Waals surface area contributed by atoms with E-state index in [1.807, 2.05) is 24.3 Å². The number of benzene rings is 1. The summed E-state index contributed by atoms with van der Waals surface area (Å²) in [6.07, 6.45) is 1.74. The molecule has 0 radical (unpaired) electrons. The molecule has 1 aromatic rings. The second kappa shape index (κ2) is 5.07. The first-order valence-electron chi connectivity index (χ1n) is 5.88. The van der Waals surface area contributed by atoms with Gasteiger partial charge in [-0.05, 0) is 37.6 Å². The third-order valence-electron chi connectivity index (χ3n) is 3.26. The Kier molecular flexibility index (Phi) is 3.69. The molecule has 1 aliphatic heterocycles. The van der Waals surface area contributed by atoms with E-state index in [0.29, 0.717) is 0 Å². The van der Waals surface area contributed by atoms with E-state index in [1.54, 1.807) is 6.92 Å². The highest BCUT2D eigenvalue weighted by molar-refractivity contribution is 6.31. The fourth-order valence-corrected chi connectivity index (χ4v) is 2.82. The quantitative estimate of drug-likeness (QED) is 0.846. The average molecular weight is 253 g/mol. The molecule has 0 bridgehead atoms. The lowest BCUT2D eigenvalue weighted by atomic mass is 9.81. The van der Waals surface area contributed by atoms with E-state index in [1.165, 1.54) is 0 Å². The standard InChI is InChI=1S/C13H17ClN2O/c1-10(17)16-13(6-8-15-9-7-13)11-4-2-3-5-12(11)14/h2-5,15H,6-9H2,1H3,(H,16,17). The number of piperidine rings is 1. The van der Waals surface area contributed by atoms with Gasteiger partial charge in [-0.15, -0.1) is 0 Å². The molecule has 0 aromatic heterocycles. The summed E-state index contributed by atoms with van der Waals surface area (Å²) in [7, 11) is 0.